The molecule has 0 saturated heterocycles. The summed E-state index contributed by atoms with van der Waals surface area (Å²) in [6.07, 6.45) is 3.05. The van der Waals surface area contributed by atoms with Gasteiger partial charge in [0.1, 0.15) is 0 Å². The summed E-state index contributed by atoms with van der Waals surface area (Å²) in [7, 11) is 0. The largest absolute Gasteiger partial charge is 0.454 e. The number of fused-ring (bicyclic) bond motifs is 1. The van der Waals surface area contributed by atoms with Crippen LogP contribution in [0.1, 0.15) is 11.1 Å². The van der Waals surface area contributed by atoms with Crippen LogP contribution < -0.4 is 25.6 Å². The van der Waals surface area contributed by atoms with Gasteiger partial charge in [-0.2, -0.15) is 0 Å². The normalized spacial score (nSPS) is 12.0. The van der Waals surface area contributed by atoms with Crippen molar-refractivity contribution in [3.8, 4) is 11.5 Å². The van der Waals surface area contributed by atoms with Crippen molar-refractivity contribution >= 4 is 40.9 Å². The molecule has 26 heavy (non-hydrogen) atoms. The van der Waals surface area contributed by atoms with E-state index in [9.17, 15) is 4.79 Å². The first-order valence-electron chi connectivity index (χ1n) is 7.76. The highest BCUT2D eigenvalue weighted by molar-refractivity contribution is 7.80. The van der Waals surface area contributed by atoms with Crippen molar-refractivity contribution in [3.05, 3.63) is 64.7 Å². The van der Waals surface area contributed by atoms with Crippen molar-refractivity contribution < 1.29 is 14.3 Å². The minimum Gasteiger partial charge on any atom is -0.454 e. The average molecular weight is 390 g/mol. The van der Waals surface area contributed by atoms with Crippen molar-refractivity contribution in [1.29, 1.82) is 0 Å². The van der Waals surface area contributed by atoms with Gasteiger partial charge >= 0.3 is 0 Å². The topological polar surface area (TPSA) is 71.6 Å². The highest BCUT2D eigenvalue weighted by Crippen LogP contribution is 2.32. The van der Waals surface area contributed by atoms with Gasteiger partial charge in [0, 0.05) is 17.6 Å². The molecular formula is C18H16ClN3O3S. The van der Waals surface area contributed by atoms with E-state index in [4.69, 9.17) is 33.3 Å². The lowest BCUT2D eigenvalue weighted by molar-refractivity contribution is -0.116. The second-order valence-electron chi connectivity index (χ2n) is 5.37. The predicted octanol–water partition coefficient (Wildman–Crippen LogP) is 2.78. The Balaban J connectivity index is 1.41. The number of halogens is 1. The van der Waals surface area contributed by atoms with Crippen LogP contribution in [0.15, 0.2) is 48.5 Å². The van der Waals surface area contributed by atoms with E-state index in [0.717, 1.165) is 16.9 Å². The molecule has 6 nitrogen and oxygen atoms in total. The minimum atomic E-state index is -0.336. The van der Waals surface area contributed by atoms with Crippen LogP contribution in [0.3, 0.4) is 0 Å². The zero-order chi connectivity index (χ0) is 18.4. The molecule has 0 aromatic heterocycles. The van der Waals surface area contributed by atoms with E-state index in [1.54, 1.807) is 18.2 Å². The number of nitrogens with one attached hydrogen (secondary N) is 3. The van der Waals surface area contributed by atoms with Gasteiger partial charge in [-0.15, -0.1) is 0 Å². The Morgan fingerprint density at radius 1 is 1.15 bits per heavy atom. The number of carbonyl (C=O) groups excluding carboxylic acids is 1. The second-order valence-corrected chi connectivity index (χ2v) is 6.22. The second kappa shape index (κ2) is 8.55. The van der Waals surface area contributed by atoms with Crippen molar-refractivity contribution in [2.24, 2.45) is 0 Å². The molecule has 0 unspecified atom stereocenters. The zero-order valence-electron chi connectivity index (χ0n) is 13.6. The number of ether oxygens (including phenoxy) is 2. The molecule has 1 amide bonds. The van der Waals surface area contributed by atoms with Gasteiger partial charge in [-0.3, -0.25) is 15.6 Å². The van der Waals surface area contributed by atoms with Gasteiger partial charge in [0.15, 0.2) is 16.6 Å². The van der Waals surface area contributed by atoms with Crippen LogP contribution in [0.25, 0.3) is 6.08 Å². The molecule has 2 aromatic rings. The molecule has 3 N–H and O–H groups in total. The van der Waals surface area contributed by atoms with E-state index in [1.165, 1.54) is 6.08 Å². The molecule has 8 heteroatoms. The molecule has 2 aromatic carbocycles. The molecule has 3 rings (SSSR count). The summed E-state index contributed by atoms with van der Waals surface area (Å²) in [5.41, 5.74) is 6.94. The maximum absolute atomic E-state index is 11.8. The molecule has 134 valence electrons. The molecule has 0 radical (unpaired) electrons. The monoisotopic (exact) mass is 389 g/mol. The summed E-state index contributed by atoms with van der Waals surface area (Å²) in [4.78, 5) is 11.8. The Hall–Kier alpha value is -2.77. The molecule has 0 bridgehead atoms. The molecule has 0 saturated carbocycles. The molecular weight excluding hydrogens is 374 g/mol. The third-order valence-corrected chi connectivity index (χ3v) is 3.95. The van der Waals surface area contributed by atoms with E-state index in [2.05, 4.69) is 16.2 Å². The summed E-state index contributed by atoms with van der Waals surface area (Å²) in [5, 5.41) is 3.90. The maximum Gasteiger partial charge on any atom is 0.262 e. The van der Waals surface area contributed by atoms with Gasteiger partial charge in [0.25, 0.3) is 5.91 Å². The number of amides is 1. The summed E-state index contributed by atoms with van der Waals surface area (Å²) in [5.74, 6) is 1.10. The SMILES string of the molecule is O=C(/C=C/c1cccc(Cl)c1)NNC(=S)NCc1ccc2c(c1)OCO2. The third kappa shape index (κ3) is 5.11. The zero-order valence-corrected chi connectivity index (χ0v) is 15.2. The van der Waals surface area contributed by atoms with E-state index in [-0.39, 0.29) is 12.7 Å². The first-order chi connectivity index (χ1) is 12.6. The first-order valence-corrected chi connectivity index (χ1v) is 8.55. The number of carbonyl (C=O) groups is 1. The van der Waals surface area contributed by atoms with Crippen LogP contribution in [0.5, 0.6) is 11.5 Å². The molecule has 0 atom stereocenters. The Bertz CT molecular complexity index is 857. The summed E-state index contributed by atoms with van der Waals surface area (Å²) in [6, 6.07) is 12.8. The number of hydrazine groups is 1. The maximum atomic E-state index is 11.8. The smallest absolute Gasteiger partial charge is 0.262 e. The highest BCUT2D eigenvalue weighted by atomic mass is 35.5. The van der Waals surface area contributed by atoms with Gasteiger partial charge in [0.2, 0.25) is 6.79 Å². The standard InChI is InChI=1S/C18H16ClN3O3S/c19-14-3-1-2-12(8-14)5-7-17(23)21-22-18(26)20-10-13-4-6-15-16(9-13)25-11-24-15/h1-9H,10-11H2,(H,21,23)(H2,20,22,26)/b7-5+. The summed E-state index contributed by atoms with van der Waals surface area (Å²) in [6.45, 7) is 0.720. The number of thiocarbonyl (C=S) groups is 1. The quantitative estimate of drug-likeness (QED) is 0.424. The van der Waals surface area contributed by atoms with Gasteiger partial charge in [-0.1, -0.05) is 29.8 Å². The Labute approximate surface area is 161 Å². The molecule has 1 aliphatic heterocycles. The molecule has 0 aliphatic carbocycles. The van der Waals surface area contributed by atoms with E-state index < -0.39 is 0 Å². The molecule has 0 spiro atoms. The van der Waals surface area contributed by atoms with Crippen LogP contribution in [-0.4, -0.2) is 17.8 Å². The van der Waals surface area contributed by atoms with Crippen molar-refractivity contribution in [2.45, 2.75) is 6.54 Å². The third-order valence-electron chi connectivity index (χ3n) is 3.47. The van der Waals surface area contributed by atoms with Crippen LogP contribution in [0, 0.1) is 0 Å². The predicted molar refractivity (Wildman–Crippen MR) is 104 cm³/mol. The highest BCUT2D eigenvalue weighted by Gasteiger charge is 2.13. The minimum absolute atomic E-state index is 0.237. The lowest BCUT2D eigenvalue weighted by Gasteiger charge is -2.11. The fourth-order valence-electron chi connectivity index (χ4n) is 2.22. The average Bonchev–Trinajstić information content (AvgIpc) is 3.11. The summed E-state index contributed by atoms with van der Waals surface area (Å²) >= 11 is 11.0. The molecule has 1 aliphatic rings. The van der Waals surface area contributed by atoms with E-state index in [0.29, 0.717) is 22.4 Å². The van der Waals surface area contributed by atoms with Crippen molar-refractivity contribution in [1.82, 2.24) is 16.2 Å². The summed E-state index contributed by atoms with van der Waals surface area (Å²) < 4.78 is 10.6. The first kappa shape index (κ1) is 18.0. The number of hydrogen-bond donors (Lipinski definition) is 3. The number of rotatable bonds is 4. The Kier molecular flexibility index (Phi) is 5.93. The van der Waals surface area contributed by atoms with Crippen LogP contribution in [0.4, 0.5) is 0 Å². The molecule has 0 fully saturated rings. The van der Waals surface area contributed by atoms with Gasteiger partial charge < -0.3 is 14.8 Å². The fourth-order valence-corrected chi connectivity index (χ4v) is 2.54. The lowest BCUT2D eigenvalue weighted by Crippen LogP contribution is -2.45. The van der Waals surface area contributed by atoms with Gasteiger partial charge in [-0.25, -0.2) is 0 Å². The van der Waals surface area contributed by atoms with Gasteiger partial charge in [-0.05, 0) is 53.7 Å². The van der Waals surface area contributed by atoms with Crippen LogP contribution in [-0.2, 0) is 11.3 Å². The van der Waals surface area contributed by atoms with Gasteiger partial charge in [0.05, 0.1) is 0 Å². The van der Waals surface area contributed by atoms with Crippen LogP contribution >= 0.6 is 23.8 Å². The fraction of sp³-hybridized carbons (Fsp3) is 0.111. The van der Waals surface area contributed by atoms with E-state index in [1.807, 2.05) is 30.3 Å². The van der Waals surface area contributed by atoms with E-state index >= 15 is 0 Å². The Morgan fingerprint density at radius 3 is 2.85 bits per heavy atom. The number of hydrogen-bond acceptors (Lipinski definition) is 4. The number of benzene rings is 2. The Morgan fingerprint density at radius 2 is 2.00 bits per heavy atom. The molecule has 1 heterocycles. The lowest BCUT2D eigenvalue weighted by atomic mass is 10.2. The van der Waals surface area contributed by atoms with Crippen molar-refractivity contribution in [2.75, 3.05) is 6.79 Å². The van der Waals surface area contributed by atoms with Crippen LogP contribution in [0.2, 0.25) is 5.02 Å². The van der Waals surface area contributed by atoms with Crippen molar-refractivity contribution in [3.63, 3.8) is 0 Å².